The predicted molar refractivity (Wildman–Crippen MR) is 97.2 cm³/mol. The number of nitrogens with one attached hydrogen (secondary N) is 2. The van der Waals surface area contributed by atoms with Gasteiger partial charge in [0.15, 0.2) is 0 Å². The zero-order chi connectivity index (χ0) is 21.0. The zero-order valence-corrected chi connectivity index (χ0v) is 15.3. The van der Waals surface area contributed by atoms with Crippen LogP contribution < -0.4 is 20.9 Å². The monoisotopic (exact) mass is 428 g/mol. The molecule has 14 heteroatoms. The molecule has 0 saturated carbocycles. The number of fused-ring (bicyclic) bond motifs is 2. The Morgan fingerprint density at radius 2 is 1.04 bits per heavy atom. The number of rotatable bonds is 2. The van der Waals surface area contributed by atoms with Crippen LogP contribution in [0.5, 0.6) is 0 Å². The Morgan fingerprint density at radius 1 is 0.714 bits per heavy atom. The Labute approximate surface area is 157 Å². The lowest BCUT2D eigenvalue weighted by atomic mass is 10.2. The number of nitrogen functional groups attached to an aromatic ring is 2. The van der Waals surface area contributed by atoms with Gasteiger partial charge in [-0.2, -0.15) is 0 Å². The Balaban J connectivity index is 2.39. The number of sulfonamides is 2. The molecule has 8 N–H and O–H groups in total. The van der Waals surface area contributed by atoms with Gasteiger partial charge in [-0.05, 0) is 24.3 Å². The molecule has 0 amide bonds. The molecule has 0 spiro atoms. The van der Waals surface area contributed by atoms with Crippen LogP contribution in [0.15, 0.2) is 34.1 Å². The Kier molecular flexibility index (Phi) is 4.12. The van der Waals surface area contributed by atoms with Gasteiger partial charge in [0.05, 0.1) is 33.9 Å². The average Bonchev–Trinajstić information content (AvgIpc) is 2.56. The van der Waals surface area contributed by atoms with Crippen molar-refractivity contribution in [1.29, 1.82) is 0 Å². The summed E-state index contributed by atoms with van der Waals surface area (Å²) < 4.78 is 54.9. The molecule has 0 aliphatic carbocycles. The normalized spacial score (nSPS) is 16.3. The summed E-state index contributed by atoms with van der Waals surface area (Å²) in [6.07, 6.45) is 0. The van der Waals surface area contributed by atoms with E-state index in [1.807, 2.05) is 9.44 Å². The van der Waals surface area contributed by atoms with Crippen molar-refractivity contribution in [2.75, 3.05) is 20.9 Å². The lowest BCUT2D eigenvalue weighted by Gasteiger charge is -2.23. The van der Waals surface area contributed by atoms with Crippen LogP contribution in [0.1, 0.15) is 20.7 Å². The highest BCUT2D eigenvalue weighted by Crippen LogP contribution is 2.39. The third-order valence-corrected chi connectivity index (χ3v) is 6.56. The highest BCUT2D eigenvalue weighted by Gasteiger charge is 2.34. The van der Waals surface area contributed by atoms with Crippen molar-refractivity contribution < 1.29 is 36.6 Å². The first-order valence-corrected chi connectivity index (χ1v) is 10.2. The number of carbonyl (C=O) groups is 2. The van der Waals surface area contributed by atoms with Gasteiger partial charge >= 0.3 is 11.9 Å². The summed E-state index contributed by atoms with van der Waals surface area (Å²) in [6, 6.07) is 3.21. The molecule has 0 fully saturated rings. The number of nitrogens with two attached hydrogens (primary N) is 2. The second-order valence-corrected chi connectivity index (χ2v) is 9.00. The maximum absolute atomic E-state index is 12.8. The van der Waals surface area contributed by atoms with Gasteiger partial charge < -0.3 is 21.7 Å². The van der Waals surface area contributed by atoms with Crippen LogP contribution in [-0.2, 0) is 20.0 Å². The summed E-state index contributed by atoms with van der Waals surface area (Å²) in [5.74, 6) is -2.97. The minimum Gasteiger partial charge on any atom is -0.478 e. The summed E-state index contributed by atoms with van der Waals surface area (Å²) in [5, 5.41) is 18.2. The van der Waals surface area contributed by atoms with Gasteiger partial charge in [-0.25, -0.2) is 26.4 Å². The topological polar surface area (TPSA) is 219 Å². The number of carboxylic acids is 2. The molecule has 28 heavy (non-hydrogen) atoms. The third-order valence-electron chi connectivity index (χ3n) is 3.81. The van der Waals surface area contributed by atoms with E-state index in [4.69, 9.17) is 21.7 Å². The SMILES string of the molecule is Nc1cc(C(=O)O)cc2c1NS(=O)(=O)c1cc(C(=O)O)cc(N)c1NS2(=O)=O. The van der Waals surface area contributed by atoms with Crippen LogP contribution in [0.4, 0.5) is 22.7 Å². The summed E-state index contributed by atoms with van der Waals surface area (Å²) in [5.41, 5.74) is 8.27. The van der Waals surface area contributed by atoms with Gasteiger partial charge in [0.25, 0.3) is 20.0 Å². The first-order chi connectivity index (χ1) is 12.8. The van der Waals surface area contributed by atoms with E-state index < -0.39 is 75.7 Å². The van der Waals surface area contributed by atoms with Crippen LogP contribution in [0, 0.1) is 0 Å². The first-order valence-electron chi connectivity index (χ1n) is 7.23. The van der Waals surface area contributed by atoms with Crippen molar-refractivity contribution in [3.05, 3.63) is 35.4 Å². The van der Waals surface area contributed by atoms with Gasteiger partial charge in [0.2, 0.25) is 0 Å². The lowest BCUT2D eigenvalue weighted by Crippen LogP contribution is -2.26. The van der Waals surface area contributed by atoms with Crippen molar-refractivity contribution >= 4 is 54.7 Å². The Morgan fingerprint density at radius 3 is 1.32 bits per heavy atom. The minimum atomic E-state index is -4.55. The molecule has 2 aromatic carbocycles. The number of hydrogen-bond acceptors (Lipinski definition) is 8. The predicted octanol–water partition coefficient (Wildman–Crippen LogP) is 0.162. The number of benzene rings is 2. The minimum absolute atomic E-state index is 0.463. The van der Waals surface area contributed by atoms with Crippen LogP contribution in [0.2, 0.25) is 0 Å². The van der Waals surface area contributed by atoms with Gasteiger partial charge in [0.1, 0.15) is 9.79 Å². The van der Waals surface area contributed by atoms with Crippen LogP contribution in [0.25, 0.3) is 0 Å². The van der Waals surface area contributed by atoms with E-state index >= 15 is 0 Å². The molecule has 2 aromatic rings. The Bertz CT molecular complexity index is 1170. The summed E-state index contributed by atoms with van der Waals surface area (Å²) >= 11 is 0. The quantitative estimate of drug-likeness (QED) is 0.356. The van der Waals surface area contributed by atoms with Gasteiger partial charge in [-0.3, -0.25) is 9.44 Å². The fourth-order valence-electron chi connectivity index (χ4n) is 2.54. The molecule has 0 atom stereocenters. The fraction of sp³-hybridized carbons (Fsp3) is 0. The van der Waals surface area contributed by atoms with E-state index in [-0.39, 0.29) is 0 Å². The molecular formula is C14H12N4O8S2. The van der Waals surface area contributed by atoms with E-state index in [1.165, 1.54) is 0 Å². The van der Waals surface area contributed by atoms with E-state index in [2.05, 4.69) is 0 Å². The third kappa shape index (κ3) is 3.03. The van der Waals surface area contributed by atoms with Crippen molar-refractivity contribution in [3.8, 4) is 0 Å². The van der Waals surface area contributed by atoms with Crippen LogP contribution in [-0.4, -0.2) is 39.0 Å². The van der Waals surface area contributed by atoms with Crippen LogP contribution >= 0.6 is 0 Å². The zero-order valence-electron chi connectivity index (χ0n) is 13.6. The molecule has 0 bridgehead atoms. The standard InChI is InChI=1S/C14H12N4O8S2/c15-7-1-5(13(19)20)3-9-11(7)17-28(25,26)10-4-6(14(21)22)2-8(16)12(10)18-27(9,23)24/h1-4,17-18H,15-16H2,(H,19,20)(H,21,22). The summed E-state index contributed by atoms with van der Waals surface area (Å²) in [7, 11) is -9.09. The van der Waals surface area contributed by atoms with Crippen molar-refractivity contribution in [3.63, 3.8) is 0 Å². The molecule has 0 saturated heterocycles. The average molecular weight is 428 g/mol. The van der Waals surface area contributed by atoms with Gasteiger partial charge in [-0.1, -0.05) is 0 Å². The number of anilines is 4. The maximum atomic E-state index is 12.8. The highest BCUT2D eigenvalue weighted by molar-refractivity contribution is 7.95. The van der Waals surface area contributed by atoms with Gasteiger partial charge in [0, 0.05) is 0 Å². The largest absolute Gasteiger partial charge is 0.478 e. The molecule has 1 aliphatic heterocycles. The lowest BCUT2D eigenvalue weighted by molar-refractivity contribution is 0.0686. The second-order valence-electron chi connectivity index (χ2n) is 5.70. The van der Waals surface area contributed by atoms with E-state index in [0.717, 1.165) is 24.3 Å². The molecule has 0 radical (unpaired) electrons. The van der Waals surface area contributed by atoms with Gasteiger partial charge in [-0.15, -0.1) is 0 Å². The summed E-state index contributed by atoms with van der Waals surface area (Å²) in [6.45, 7) is 0. The first kappa shape index (κ1) is 19.2. The van der Waals surface area contributed by atoms with E-state index in [1.54, 1.807) is 0 Å². The second kappa shape index (κ2) is 6.00. The van der Waals surface area contributed by atoms with Crippen molar-refractivity contribution in [2.24, 2.45) is 0 Å². The molecule has 0 aromatic heterocycles. The summed E-state index contributed by atoms with van der Waals surface area (Å²) in [4.78, 5) is 20.9. The van der Waals surface area contributed by atoms with Crippen molar-refractivity contribution in [2.45, 2.75) is 9.79 Å². The molecule has 1 heterocycles. The molecule has 1 aliphatic rings. The van der Waals surface area contributed by atoms with E-state index in [0.29, 0.717) is 0 Å². The molecule has 12 nitrogen and oxygen atoms in total. The number of hydrogen-bond donors (Lipinski definition) is 6. The number of aromatic carboxylic acids is 2. The van der Waals surface area contributed by atoms with E-state index in [9.17, 15) is 26.4 Å². The molecule has 3 rings (SSSR count). The smallest absolute Gasteiger partial charge is 0.335 e. The molecule has 148 valence electrons. The van der Waals surface area contributed by atoms with Crippen molar-refractivity contribution in [1.82, 2.24) is 0 Å². The van der Waals surface area contributed by atoms with Crippen LogP contribution in [0.3, 0.4) is 0 Å². The fourth-order valence-corrected chi connectivity index (χ4v) is 5.32. The highest BCUT2D eigenvalue weighted by atomic mass is 32.2. The number of carboxylic acid groups (broad SMARTS) is 2. The Hall–Kier alpha value is -3.52. The molecule has 0 unspecified atom stereocenters. The molecular weight excluding hydrogens is 416 g/mol. The maximum Gasteiger partial charge on any atom is 0.335 e.